The van der Waals surface area contributed by atoms with E-state index in [9.17, 15) is 0 Å². The molecule has 2 aromatic rings. The van der Waals surface area contributed by atoms with Crippen molar-refractivity contribution in [3.63, 3.8) is 0 Å². The fourth-order valence-corrected chi connectivity index (χ4v) is 3.87. The third-order valence-electron chi connectivity index (χ3n) is 5.20. The molecule has 0 amide bonds. The van der Waals surface area contributed by atoms with E-state index in [1.54, 1.807) is 0 Å². The van der Waals surface area contributed by atoms with E-state index in [1.165, 1.54) is 44.3 Å². The van der Waals surface area contributed by atoms with Gasteiger partial charge in [-0.25, -0.2) is 4.98 Å². The predicted octanol–water partition coefficient (Wildman–Crippen LogP) is 3.52. The minimum absolute atomic E-state index is 0.308. The molecule has 114 valence electrons. The van der Waals surface area contributed by atoms with Crippen LogP contribution in [0.2, 0.25) is 0 Å². The largest absolute Gasteiger partial charge is 0.306 e. The maximum absolute atomic E-state index is 8.39. The van der Waals surface area contributed by atoms with Gasteiger partial charge < -0.3 is 4.40 Å². The van der Waals surface area contributed by atoms with Crippen LogP contribution in [0.25, 0.3) is 16.1 Å². The second kappa shape index (κ2) is 5.30. The molecule has 1 spiro atoms. The molecule has 0 N–H and O–H groups in total. The smallest absolute Gasteiger partial charge is 0.136 e. The van der Waals surface area contributed by atoms with Crippen LogP contribution in [0.15, 0.2) is 29.6 Å². The van der Waals surface area contributed by atoms with Crippen LogP contribution in [0.1, 0.15) is 36.9 Å². The molecule has 1 saturated carbocycles. The fraction of sp³-hybridized carbons (Fsp3) is 0.562. The van der Waals surface area contributed by atoms with E-state index in [-0.39, 0.29) is 0 Å². The Hall–Kier alpha value is -2.04. The first-order valence-electron chi connectivity index (χ1n) is 7.96. The zero-order valence-electron chi connectivity index (χ0n) is 12.6. The summed E-state index contributed by atoms with van der Waals surface area (Å²) in [5.41, 5.74) is 12.1. The van der Waals surface area contributed by atoms with Crippen molar-refractivity contribution in [3.8, 4) is 0 Å². The van der Waals surface area contributed by atoms with Crippen LogP contribution in [-0.2, 0) is 13.1 Å². The summed E-state index contributed by atoms with van der Waals surface area (Å²) in [6.07, 6.45) is 9.73. The van der Waals surface area contributed by atoms with Gasteiger partial charge in [0.05, 0.1) is 12.2 Å². The molecule has 4 rings (SSSR count). The number of fused-ring (bicyclic) bond motifs is 1. The zero-order chi connectivity index (χ0) is 15.0. The van der Waals surface area contributed by atoms with Gasteiger partial charge in [0.2, 0.25) is 0 Å². The minimum atomic E-state index is 0.308. The monoisotopic (exact) mass is 296 g/mol. The molecular weight excluding hydrogens is 276 g/mol. The van der Waals surface area contributed by atoms with Gasteiger partial charge in [-0.05, 0) is 48.4 Å². The normalized spacial score (nSPS) is 20.2. The molecule has 0 atom stereocenters. The van der Waals surface area contributed by atoms with E-state index in [1.807, 2.05) is 16.7 Å². The van der Waals surface area contributed by atoms with Gasteiger partial charge in [-0.15, -0.1) is 0 Å². The molecular formula is C16H20N6. The molecule has 3 heterocycles. The Morgan fingerprint density at radius 3 is 2.91 bits per heavy atom. The topological polar surface area (TPSA) is 69.3 Å². The lowest BCUT2D eigenvalue weighted by molar-refractivity contribution is 0.137. The Morgan fingerprint density at radius 2 is 2.18 bits per heavy atom. The van der Waals surface area contributed by atoms with Gasteiger partial charge in [0.15, 0.2) is 0 Å². The summed E-state index contributed by atoms with van der Waals surface area (Å²) in [7, 11) is 0. The number of likely N-dealkylation sites (tertiary alicyclic amines) is 1. The predicted molar refractivity (Wildman–Crippen MR) is 84.2 cm³/mol. The average molecular weight is 296 g/mol. The molecule has 0 radical (unpaired) electrons. The summed E-state index contributed by atoms with van der Waals surface area (Å²) in [6, 6.07) is 4.20. The van der Waals surface area contributed by atoms with Crippen LogP contribution in [0, 0.1) is 5.41 Å². The third-order valence-corrected chi connectivity index (χ3v) is 5.20. The molecule has 1 aliphatic carbocycles. The van der Waals surface area contributed by atoms with Crippen molar-refractivity contribution in [2.75, 3.05) is 13.1 Å². The van der Waals surface area contributed by atoms with E-state index in [4.69, 9.17) is 5.53 Å². The first-order valence-corrected chi connectivity index (χ1v) is 7.96. The van der Waals surface area contributed by atoms with Gasteiger partial charge in [-0.2, -0.15) is 0 Å². The SMILES string of the molecule is [N-]=[N+]=NCc1cn2cc(CN3CCC4(CCC4)C3)ccc2n1. The second-order valence-electron chi connectivity index (χ2n) is 6.74. The number of rotatable bonds is 4. The number of hydrogen-bond acceptors (Lipinski definition) is 3. The highest BCUT2D eigenvalue weighted by molar-refractivity contribution is 5.41. The molecule has 0 bridgehead atoms. The van der Waals surface area contributed by atoms with E-state index < -0.39 is 0 Å². The Balaban J connectivity index is 1.49. The molecule has 0 aromatic carbocycles. The Kier molecular flexibility index (Phi) is 3.28. The summed E-state index contributed by atoms with van der Waals surface area (Å²) < 4.78 is 2.03. The van der Waals surface area contributed by atoms with Gasteiger partial charge in [0, 0.05) is 30.4 Å². The summed E-state index contributed by atoms with van der Waals surface area (Å²) in [6.45, 7) is 3.81. The number of hydrogen-bond donors (Lipinski definition) is 0. The summed E-state index contributed by atoms with van der Waals surface area (Å²) in [5.74, 6) is 0. The maximum atomic E-state index is 8.39. The number of imidazole rings is 1. The Morgan fingerprint density at radius 1 is 1.27 bits per heavy atom. The van der Waals surface area contributed by atoms with Gasteiger partial charge in [-0.3, -0.25) is 4.90 Å². The molecule has 2 fully saturated rings. The molecule has 1 aliphatic heterocycles. The third kappa shape index (κ3) is 2.45. The van der Waals surface area contributed by atoms with Crippen molar-refractivity contribution in [1.29, 1.82) is 0 Å². The molecule has 0 unspecified atom stereocenters. The van der Waals surface area contributed by atoms with Crippen molar-refractivity contribution in [2.45, 2.75) is 38.8 Å². The van der Waals surface area contributed by atoms with Crippen LogP contribution in [0.5, 0.6) is 0 Å². The summed E-state index contributed by atoms with van der Waals surface area (Å²) >= 11 is 0. The quantitative estimate of drug-likeness (QED) is 0.492. The maximum Gasteiger partial charge on any atom is 0.136 e. The lowest BCUT2D eigenvalue weighted by Crippen LogP contribution is -2.32. The molecule has 22 heavy (non-hydrogen) atoms. The standard InChI is InChI=1S/C16H20N6/c17-20-18-8-14-11-22-10-13(2-3-15(22)19-14)9-21-7-6-16(12-21)4-1-5-16/h2-3,10-11H,1,4-9,12H2. The highest BCUT2D eigenvalue weighted by atomic mass is 15.2. The second-order valence-corrected chi connectivity index (χ2v) is 6.74. The van der Waals surface area contributed by atoms with Gasteiger partial charge >= 0.3 is 0 Å². The van der Waals surface area contributed by atoms with Crippen LogP contribution >= 0.6 is 0 Å². The van der Waals surface area contributed by atoms with Crippen molar-refractivity contribution in [3.05, 3.63) is 46.2 Å². The van der Waals surface area contributed by atoms with Crippen molar-refractivity contribution in [1.82, 2.24) is 14.3 Å². The van der Waals surface area contributed by atoms with Crippen LogP contribution in [-0.4, -0.2) is 27.4 Å². The Bertz CT molecular complexity index is 738. The number of azide groups is 1. The Labute approximate surface area is 129 Å². The number of nitrogens with zero attached hydrogens (tertiary/aromatic N) is 6. The zero-order valence-corrected chi connectivity index (χ0v) is 12.6. The lowest BCUT2D eigenvalue weighted by atomic mass is 9.68. The van der Waals surface area contributed by atoms with Crippen LogP contribution in [0.4, 0.5) is 0 Å². The highest BCUT2D eigenvalue weighted by Gasteiger charge is 2.42. The van der Waals surface area contributed by atoms with Gasteiger partial charge in [0.25, 0.3) is 0 Å². The van der Waals surface area contributed by atoms with E-state index in [0.717, 1.165) is 17.9 Å². The molecule has 1 saturated heterocycles. The molecule has 6 nitrogen and oxygen atoms in total. The van der Waals surface area contributed by atoms with Crippen molar-refractivity contribution < 1.29 is 0 Å². The van der Waals surface area contributed by atoms with Gasteiger partial charge in [-0.1, -0.05) is 17.6 Å². The van der Waals surface area contributed by atoms with Crippen molar-refractivity contribution in [2.24, 2.45) is 10.5 Å². The highest BCUT2D eigenvalue weighted by Crippen LogP contribution is 2.48. The summed E-state index contributed by atoms with van der Waals surface area (Å²) in [4.78, 5) is 9.82. The lowest BCUT2D eigenvalue weighted by Gasteiger charge is -2.38. The number of pyridine rings is 1. The van der Waals surface area contributed by atoms with Crippen molar-refractivity contribution >= 4 is 5.65 Å². The minimum Gasteiger partial charge on any atom is -0.306 e. The fourth-order valence-electron chi connectivity index (χ4n) is 3.87. The average Bonchev–Trinajstić information content (AvgIpc) is 3.08. The van der Waals surface area contributed by atoms with Crippen LogP contribution in [0.3, 0.4) is 0 Å². The van der Waals surface area contributed by atoms with Crippen LogP contribution < -0.4 is 0 Å². The summed E-state index contributed by atoms with van der Waals surface area (Å²) in [5, 5.41) is 3.57. The van der Waals surface area contributed by atoms with E-state index >= 15 is 0 Å². The molecule has 2 aliphatic rings. The molecule has 2 aromatic heterocycles. The molecule has 6 heteroatoms. The first kappa shape index (κ1) is 13.6. The van der Waals surface area contributed by atoms with E-state index in [0.29, 0.717) is 12.0 Å². The van der Waals surface area contributed by atoms with E-state index in [2.05, 4.69) is 32.2 Å². The van der Waals surface area contributed by atoms with Gasteiger partial charge in [0.1, 0.15) is 5.65 Å². The number of aromatic nitrogens is 2. The first-order chi connectivity index (χ1) is 10.8.